The number of aromatic amines is 1. The minimum absolute atomic E-state index is 0.0279. The number of nitrogens with one attached hydrogen (secondary N) is 2. The van der Waals surface area contributed by atoms with Gasteiger partial charge in [-0.3, -0.25) is 0 Å². The fourth-order valence-corrected chi connectivity index (χ4v) is 1.96. The third-order valence-corrected chi connectivity index (χ3v) is 3.04. The summed E-state index contributed by atoms with van der Waals surface area (Å²) in [6, 6.07) is 10.6. The van der Waals surface area contributed by atoms with E-state index < -0.39 is 0 Å². The normalized spacial score (nSPS) is 11.5. The van der Waals surface area contributed by atoms with E-state index in [1.807, 2.05) is 13.1 Å². The van der Waals surface area contributed by atoms with E-state index in [2.05, 4.69) is 59.5 Å². The van der Waals surface area contributed by atoms with E-state index in [4.69, 9.17) is 0 Å². The van der Waals surface area contributed by atoms with Crippen LogP contribution in [0.2, 0.25) is 0 Å². The molecular weight excluding hydrogens is 222 g/mol. The number of rotatable bonds is 5. The smallest absolute Gasteiger partial charge is 0.200 e. The second-order valence-corrected chi connectivity index (χ2v) is 5.41. The second kappa shape index (κ2) is 5.25. The molecule has 0 aliphatic heterocycles. The summed E-state index contributed by atoms with van der Waals surface area (Å²) in [5, 5.41) is 3.44. The second-order valence-electron chi connectivity index (χ2n) is 5.41. The number of aromatic nitrogens is 2. The van der Waals surface area contributed by atoms with Gasteiger partial charge in [0.1, 0.15) is 0 Å². The van der Waals surface area contributed by atoms with Gasteiger partial charge in [-0.15, -0.1) is 0 Å². The first-order valence-electron chi connectivity index (χ1n) is 6.39. The van der Waals surface area contributed by atoms with E-state index in [-0.39, 0.29) is 5.54 Å². The molecule has 1 aromatic carbocycles. The van der Waals surface area contributed by atoms with Crippen LogP contribution >= 0.6 is 0 Å². The summed E-state index contributed by atoms with van der Waals surface area (Å²) >= 11 is 0. The summed E-state index contributed by atoms with van der Waals surface area (Å²) in [4.78, 5) is 7.50. The predicted molar refractivity (Wildman–Crippen MR) is 75.8 cm³/mol. The molecule has 96 valence electrons. The van der Waals surface area contributed by atoms with Gasteiger partial charge in [0, 0.05) is 17.4 Å². The Hall–Kier alpha value is -1.77. The van der Waals surface area contributed by atoms with Crippen LogP contribution in [0.5, 0.6) is 0 Å². The van der Waals surface area contributed by atoms with Crippen LogP contribution in [-0.4, -0.2) is 15.5 Å². The Kier molecular flexibility index (Phi) is 3.70. The largest absolute Gasteiger partial charge is 0.351 e. The fraction of sp³-hybridized carbons (Fsp3) is 0.400. The van der Waals surface area contributed by atoms with Crippen molar-refractivity contribution in [3.05, 3.63) is 47.8 Å². The quantitative estimate of drug-likeness (QED) is 0.843. The molecule has 0 unspecified atom stereocenters. The molecule has 1 aromatic heterocycles. The molecule has 2 aromatic rings. The van der Waals surface area contributed by atoms with Crippen LogP contribution in [0.25, 0.3) is 0 Å². The van der Waals surface area contributed by atoms with Gasteiger partial charge in [-0.1, -0.05) is 30.3 Å². The average molecular weight is 243 g/mol. The zero-order valence-corrected chi connectivity index (χ0v) is 11.3. The lowest BCUT2D eigenvalue weighted by Gasteiger charge is -2.26. The maximum absolute atomic E-state index is 4.29. The van der Waals surface area contributed by atoms with Crippen molar-refractivity contribution in [2.45, 2.75) is 39.2 Å². The van der Waals surface area contributed by atoms with Crippen LogP contribution in [-0.2, 0) is 6.42 Å². The minimum atomic E-state index is 0.0279. The van der Waals surface area contributed by atoms with Crippen molar-refractivity contribution >= 4 is 5.95 Å². The number of hydrogen-bond acceptors (Lipinski definition) is 2. The molecule has 0 radical (unpaired) electrons. The van der Waals surface area contributed by atoms with E-state index in [1.165, 1.54) is 5.56 Å². The number of nitrogens with zero attached hydrogens (tertiary/aromatic N) is 1. The Morgan fingerprint density at radius 1 is 1.22 bits per heavy atom. The number of H-pyrrole nitrogens is 1. The van der Waals surface area contributed by atoms with Gasteiger partial charge in [0.2, 0.25) is 5.95 Å². The minimum Gasteiger partial charge on any atom is -0.351 e. The standard InChI is InChI=1S/C15H21N3/c1-12-11-16-14(17-12)18-15(2,3)10-9-13-7-5-4-6-8-13/h4-8,11H,9-10H2,1-3H3,(H2,16,17,18). The number of anilines is 1. The van der Waals surface area contributed by atoms with Gasteiger partial charge in [-0.25, -0.2) is 4.98 Å². The first-order valence-corrected chi connectivity index (χ1v) is 6.39. The first-order chi connectivity index (χ1) is 8.55. The maximum atomic E-state index is 4.29. The van der Waals surface area contributed by atoms with Crippen molar-refractivity contribution in [2.75, 3.05) is 5.32 Å². The summed E-state index contributed by atoms with van der Waals surface area (Å²) in [6.45, 7) is 6.41. The molecule has 0 bridgehead atoms. The maximum Gasteiger partial charge on any atom is 0.200 e. The van der Waals surface area contributed by atoms with Crippen LogP contribution < -0.4 is 5.32 Å². The van der Waals surface area contributed by atoms with Crippen molar-refractivity contribution in [3.63, 3.8) is 0 Å². The molecule has 3 heteroatoms. The van der Waals surface area contributed by atoms with E-state index in [9.17, 15) is 0 Å². The average Bonchev–Trinajstić information content (AvgIpc) is 2.73. The Morgan fingerprint density at radius 2 is 1.94 bits per heavy atom. The molecule has 0 atom stereocenters. The van der Waals surface area contributed by atoms with E-state index >= 15 is 0 Å². The van der Waals surface area contributed by atoms with Crippen LogP contribution in [0, 0.1) is 6.92 Å². The van der Waals surface area contributed by atoms with Crippen molar-refractivity contribution in [1.82, 2.24) is 9.97 Å². The Balaban J connectivity index is 1.91. The van der Waals surface area contributed by atoms with Gasteiger partial charge < -0.3 is 10.3 Å². The molecule has 18 heavy (non-hydrogen) atoms. The van der Waals surface area contributed by atoms with Gasteiger partial charge in [-0.05, 0) is 39.2 Å². The Bertz CT molecular complexity index is 485. The van der Waals surface area contributed by atoms with E-state index in [1.54, 1.807) is 0 Å². The predicted octanol–water partition coefficient (Wildman–Crippen LogP) is 3.54. The molecule has 3 nitrogen and oxygen atoms in total. The molecule has 0 saturated heterocycles. The highest BCUT2D eigenvalue weighted by Gasteiger charge is 2.18. The van der Waals surface area contributed by atoms with Gasteiger partial charge in [0.15, 0.2) is 0 Å². The Labute approximate surface area is 109 Å². The van der Waals surface area contributed by atoms with Gasteiger partial charge >= 0.3 is 0 Å². The lowest BCUT2D eigenvalue weighted by molar-refractivity contribution is 0.515. The molecule has 0 fully saturated rings. The monoisotopic (exact) mass is 243 g/mol. The van der Waals surface area contributed by atoms with Crippen LogP contribution in [0.3, 0.4) is 0 Å². The van der Waals surface area contributed by atoms with Crippen molar-refractivity contribution in [2.24, 2.45) is 0 Å². The number of benzene rings is 1. The summed E-state index contributed by atoms with van der Waals surface area (Å²) in [5.41, 5.74) is 2.49. The van der Waals surface area contributed by atoms with Crippen LogP contribution in [0.1, 0.15) is 31.5 Å². The zero-order valence-electron chi connectivity index (χ0n) is 11.3. The van der Waals surface area contributed by atoms with Gasteiger partial charge in [-0.2, -0.15) is 0 Å². The SMILES string of the molecule is Cc1cnc(NC(C)(C)CCc2ccccc2)[nH]1. The number of hydrogen-bond donors (Lipinski definition) is 2. The summed E-state index contributed by atoms with van der Waals surface area (Å²) in [6.07, 6.45) is 3.98. The molecule has 1 heterocycles. The first kappa shape index (κ1) is 12.7. The molecular formula is C15H21N3. The lowest BCUT2D eigenvalue weighted by Crippen LogP contribution is -2.32. The van der Waals surface area contributed by atoms with Crippen LogP contribution in [0.15, 0.2) is 36.5 Å². The fourth-order valence-electron chi connectivity index (χ4n) is 1.96. The van der Waals surface area contributed by atoms with E-state index in [0.717, 1.165) is 24.5 Å². The molecule has 2 N–H and O–H groups in total. The molecule has 0 aliphatic carbocycles. The summed E-state index contributed by atoms with van der Waals surface area (Å²) in [5.74, 6) is 0.852. The molecule has 2 rings (SSSR count). The Morgan fingerprint density at radius 3 is 2.56 bits per heavy atom. The molecule has 0 saturated carbocycles. The topological polar surface area (TPSA) is 40.7 Å². The molecule has 0 aliphatic rings. The molecule has 0 amide bonds. The highest BCUT2D eigenvalue weighted by molar-refractivity contribution is 5.30. The van der Waals surface area contributed by atoms with Gasteiger partial charge in [0.25, 0.3) is 0 Å². The van der Waals surface area contributed by atoms with Crippen molar-refractivity contribution in [3.8, 4) is 0 Å². The third-order valence-electron chi connectivity index (χ3n) is 3.04. The van der Waals surface area contributed by atoms with E-state index in [0.29, 0.717) is 0 Å². The molecule has 0 spiro atoms. The van der Waals surface area contributed by atoms with Gasteiger partial charge in [0.05, 0.1) is 0 Å². The number of aryl methyl sites for hydroxylation is 2. The highest BCUT2D eigenvalue weighted by Crippen LogP contribution is 2.18. The summed E-state index contributed by atoms with van der Waals surface area (Å²) < 4.78 is 0. The van der Waals surface area contributed by atoms with Crippen LogP contribution in [0.4, 0.5) is 5.95 Å². The van der Waals surface area contributed by atoms with Crippen molar-refractivity contribution < 1.29 is 0 Å². The third kappa shape index (κ3) is 3.62. The summed E-state index contributed by atoms with van der Waals surface area (Å²) in [7, 11) is 0. The number of imidazole rings is 1. The lowest BCUT2D eigenvalue weighted by atomic mass is 9.95. The zero-order chi connectivity index (χ0) is 13.0. The van der Waals surface area contributed by atoms with Crippen molar-refractivity contribution in [1.29, 1.82) is 0 Å². The highest BCUT2D eigenvalue weighted by atomic mass is 15.1.